The van der Waals surface area contributed by atoms with E-state index in [9.17, 15) is 0 Å². The van der Waals surface area contributed by atoms with Crippen LogP contribution < -0.4 is 0 Å². The van der Waals surface area contributed by atoms with Crippen LogP contribution in [0.4, 0.5) is 0 Å². The third kappa shape index (κ3) is 1.29. The van der Waals surface area contributed by atoms with Crippen LogP contribution in [0.15, 0.2) is 22.8 Å². The fourth-order valence-corrected chi connectivity index (χ4v) is 1.08. The number of hydrogen-bond acceptors (Lipinski definition) is 3. The predicted octanol–water partition coefficient (Wildman–Crippen LogP) is 0.583. The van der Waals surface area contributed by atoms with Crippen LogP contribution in [0.2, 0.25) is 0 Å². The Kier molecular flexibility index (Phi) is 1.47. The molecule has 3 heteroatoms. The Labute approximate surface area is 64.6 Å². The summed E-state index contributed by atoms with van der Waals surface area (Å²) in [6.07, 6.45) is 2.30. The summed E-state index contributed by atoms with van der Waals surface area (Å²) in [6.45, 7) is 0.720. The Bertz CT molecular complexity index is 223. The SMILES string of the molecule is OC[C@]1(Cc2ccco2)CO1. The van der Waals surface area contributed by atoms with Gasteiger partial charge in [-0.25, -0.2) is 0 Å². The lowest BCUT2D eigenvalue weighted by atomic mass is 10.1. The number of aliphatic hydroxyl groups excluding tert-OH is 1. The van der Waals surface area contributed by atoms with E-state index >= 15 is 0 Å². The normalized spacial score (nSPS) is 28.8. The molecule has 1 aliphatic heterocycles. The maximum Gasteiger partial charge on any atom is 0.122 e. The van der Waals surface area contributed by atoms with E-state index in [0.29, 0.717) is 13.0 Å². The molecule has 2 heterocycles. The van der Waals surface area contributed by atoms with Crippen LogP contribution >= 0.6 is 0 Å². The molecular weight excluding hydrogens is 144 g/mol. The molecule has 0 bridgehead atoms. The number of aliphatic hydroxyl groups is 1. The average Bonchev–Trinajstić information content (AvgIpc) is 2.59. The van der Waals surface area contributed by atoms with Crippen LogP contribution in [0.1, 0.15) is 5.76 Å². The first kappa shape index (κ1) is 6.88. The second-order valence-electron chi connectivity index (χ2n) is 2.89. The Balaban J connectivity index is 2.01. The van der Waals surface area contributed by atoms with Crippen molar-refractivity contribution in [3.05, 3.63) is 24.2 Å². The van der Waals surface area contributed by atoms with Gasteiger partial charge in [0.1, 0.15) is 11.4 Å². The van der Waals surface area contributed by atoms with Gasteiger partial charge in [0.25, 0.3) is 0 Å². The first-order valence-corrected chi connectivity index (χ1v) is 3.62. The van der Waals surface area contributed by atoms with Crippen molar-refractivity contribution in [3.8, 4) is 0 Å². The molecule has 0 amide bonds. The van der Waals surface area contributed by atoms with Crippen LogP contribution in [0.5, 0.6) is 0 Å². The summed E-state index contributed by atoms with van der Waals surface area (Å²) in [5.74, 6) is 0.872. The molecule has 11 heavy (non-hydrogen) atoms. The highest BCUT2D eigenvalue weighted by Crippen LogP contribution is 2.30. The lowest BCUT2D eigenvalue weighted by molar-refractivity contribution is 0.166. The second kappa shape index (κ2) is 2.36. The van der Waals surface area contributed by atoms with Gasteiger partial charge in [0.2, 0.25) is 0 Å². The molecule has 1 aromatic heterocycles. The van der Waals surface area contributed by atoms with Gasteiger partial charge in [-0.1, -0.05) is 0 Å². The molecule has 0 saturated carbocycles. The maximum atomic E-state index is 8.89. The van der Waals surface area contributed by atoms with E-state index in [1.54, 1.807) is 6.26 Å². The molecular formula is C8H10O3. The minimum Gasteiger partial charge on any atom is -0.469 e. The second-order valence-corrected chi connectivity index (χ2v) is 2.89. The summed E-state index contributed by atoms with van der Waals surface area (Å²) in [6, 6.07) is 3.72. The van der Waals surface area contributed by atoms with Crippen molar-refractivity contribution in [2.75, 3.05) is 13.2 Å². The van der Waals surface area contributed by atoms with E-state index in [4.69, 9.17) is 14.3 Å². The Morgan fingerprint density at radius 2 is 2.45 bits per heavy atom. The van der Waals surface area contributed by atoms with E-state index in [1.807, 2.05) is 12.1 Å². The van der Waals surface area contributed by atoms with Crippen LogP contribution in [-0.4, -0.2) is 23.9 Å². The molecule has 1 atom stereocenters. The molecule has 1 saturated heterocycles. The van der Waals surface area contributed by atoms with Crippen molar-refractivity contribution >= 4 is 0 Å². The Morgan fingerprint density at radius 1 is 1.64 bits per heavy atom. The van der Waals surface area contributed by atoms with Crippen molar-refractivity contribution in [2.45, 2.75) is 12.0 Å². The largest absolute Gasteiger partial charge is 0.469 e. The van der Waals surface area contributed by atoms with Crippen molar-refractivity contribution in [2.24, 2.45) is 0 Å². The predicted molar refractivity (Wildman–Crippen MR) is 38.2 cm³/mol. The molecule has 2 rings (SSSR count). The van der Waals surface area contributed by atoms with Gasteiger partial charge in [-0.15, -0.1) is 0 Å². The van der Waals surface area contributed by atoms with Gasteiger partial charge in [0.05, 0.1) is 19.5 Å². The Hall–Kier alpha value is -0.800. The smallest absolute Gasteiger partial charge is 0.122 e. The topological polar surface area (TPSA) is 45.9 Å². The van der Waals surface area contributed by atoms with Crippen molar-refractivity contribution in [1.29, 1.82) is 0 Å². The van der Waals surface area contributed by atoms with E-state index in [2.05, 4.69) is 0 Å². The number of rotatable bonds is 3. The van der Waals surface area contributed by atoms with E-state index in [0.717, 1.165) is 5.76 Å². The van der Waals surface area contributed by atoms with E-state index in [-0.39, 0.29) is 12.2 Å². The summed E-state index contributed by atoms with van der Waals surface area (Å²) in [5, 5.41) is 8.89. The van der Waals surface area contributed by atoms with Crippen LogP contribution in [0, 0.1) is 0 Å². The number of epoxide rings is 1. The maximum absolute atomic E-state index is 8.89. The molecule has 0 spiro atoms. The monoisotopic (exact) mass is 154 g/mol. The molecule has 3 nitrogen and oxygen atoms in total. The van der Waals surface area contributed by atoms with Gasteiger partial charge in [-0.05, 0) is 12.1 Å². The van der Waals surface area contributed by atoms with Crippen LogP contribution in [0.25, 0.3) is 0 Å². The highest BCUT2D eigenvalue weighted by molar-refractivity contribution is 5.07. The van der Waals surface area contributed by atoms with Gasteiger partial charge in [-0.2, -0.15) is 0 Å². The van der Waals surface area contributed by atoms with Crippen LogP contribution in [0.3, 0.4) is 0 Å². The Morgan fingerprint density at radius 3 is 2.91 bits per heavy atom. The zero-order chi connectivity index (χ0) is 7.73. The third-order valence-corrected chi connectivity index (χ3v) is 1.92. The van der Waals surface area contributed by atoms with Gasteiger partial charge in [0, 0.05) is 6.42 Å². The molecule has 1 aromatic rings. The summed E-state index contributed by atoms with van der Waals surface area (Å²) in [4.78, 5) is 0. The standard InChI is InChI=1S/C8H10O3/c9-5-8(6-11-8)4-7-2-1-3-10-7/h1-3,9H,4-6H2/t8-/m1/s1. The third-order valence-electron chi connectivity index (χ3n) is 1.92. The lowest BCUT2D eigenvalue weighted by Gasteiger charge is -2.03. The highest BCUT2D eigenvalue weighted by Gasteiger charge is 2.44. The van der Waals surface area contributed by atoms with Gasteiger partial charge < -0.3 is 14.3 Å². The zero-order valence-electron chi connectivity index (χ0n) is 6.12. The molecule has 1 aliphatic rings. The molecule has 0 unspecified atom stereocenters. The summed E-state index contributed by atoms with van der Waals surface area (Å²) in [7, 11) is 0. The van der Waals surface area contributed by atoms with Crippen molar-refractivity contribution in [1.82, 2.24) is 0 Å². The number of hydrogen-bond donors (Lipinski definition) is 1. The fraction of sp³-hybridized carbons (Fsp3) is 0.500. The zero-order valence-corrected chi connectivity index (χ0v) is 6.12. The summed E-state index contributed by atoms with van der Waals surface area (Å²) >= 11 is 0. The van der Waals surface area contributed by atoms with Crippen molar-refractivity contribution < 1.29 is 14.3 Å². The molecule has 60 valence electrons. The summed E-state index contributed by atoms with van der Waals surface area (Å²) in [5.41, 5.74) is -0.322. The molecule has 0 aromatic carbocycles. The summed E-state index contributed by atoms with van der Waals surface area (Å²) < 4.78 is 10.2. The molecule has 1 fully saturated rings. The average molecular weight is 154 g/mol. The highest BCUT2D eigenvalue weighted by atomic mass is 16.6. The minimum absolute atomic E-state index is 0.0771. The minimum atomic E-state index is -0.322. The first-order valence-electron chi connectivity index (χ1n) is 3.62. The number of furan rings is 1. The molecule has 0 aliphatic carbocycles. The molecule has 1 N–H and O–H groups in total. The van der Waals surface area contributed by atoms with Crippen molar-refractivity contribution in [3.63, 3.8) is 0 Å². The van der Waals surface area contributed by atoms with Crippen LogP contribution in [-0.2, 0) is 11.2 Å². The van der Waals surface area contributed by atoms with Gasteiger partial charge in [-0.3, -0.25) is 0 Å². The number of ether oxygens (including phenoxy) is 1. The quantitative estimate of drug-likeness (QED) is 0.648. The first-order chi connectivity index (χ1) is 5.35. The van der Waals surface area contributed by atoms with Gasteiger partial charge in [0.15, 0.2) is 0 Å². The van der Waals surface area contributed by atoms with Gasteiger partial charge >= 0.3 is 0 Å². The fourth-order valence-electron chi connectivity index (χ4n) is 1.08. The van der Waals surface area contributed by atoms with E-state index < -0.39 is 0 Å². The lowest BCUT2D eigenvalue weighted by Crippen LogP contribution is -2.19. The molecule has 0 radical (unpaired) electrons. The van der Waals surface area contributed by atoms with E-state index in [1.165, 1.54) is 0 Å².